The fraction of sp³-hybridized carbons (Fsp3) is 0.273. The molecule has 0 bridgehead atoms. The number of non-ortho nitro benzene ring substituents is 1. The third kappa shape index (κ3) is 3.26. The van der Waals surface area contributed by atoms with E-state index in [0.29, 0.717) is 18.7 Å². The van der Waals surface area contributed by atoms with Gasteiger partial charge >= 0.3 is 0 Å². The average Bonchev–Trinajstić information content (AvgIpc) is 2.26. The lowest BCUT2D eigenvalue weighted by atomic mass is 10.2. The van der Waals surface area contributed by atoms with Gasteiger partial charge in [0.05, 0.1) is 11.5 Å². The summed E-state index contributed by atoms with van der Waals surface area (Å²) in [5.74, 6) is 5.56. The zero-order chi connectivity index (χ0) is 12.0. The molecule has 0 saturated heterocycles. The molecule has 5 heteroatoms. The second-order valence-corrected chi connectivity index (χ2v) is 3.10. The number of nitrogens with one attached hydrogen (secondary N) is 1. The molecule has 0 radical (unpaired) electrons. The molecule has 1 aromatic carbocycles. The Balaban J connectivity index is 2.73. The first-order chi connectivity index (χ1) is 7.65. The topological polar surface area (TPSA) is 75.4 Å². The number of phenolic OH excluding ortho intramolecular Hbond substituents is 1. The van der Waals surface area contributed by atoms with Crippen LogP contribution in [-0.2, 0) is 6.54 Å². The van der Waals surface area contributed by atoms with Crippen molar-refractivity contribution < 1.29 is 10.0 Å². The summed E-state index contributed by atoms with van der Waals surface area (Å²) in [6.07, 6.45) is 0. The van der Waals surface area contributed by atoms with Crippen molar-refractivity contribution in [3.63, 3.8) is 0 Å². The van der Waals surface area contributed by atoms with Gasteiger partial charge in [0.25, 0.3) is 5.69 Å². The first kappa shape index (κ1) is 12.0. The molecular formula is C11H12N2O3. The van der Waals surface area contributed by atoms with Crippen molar-refractivity contribution in [2.45, 2.75) is 13.5 Å². The van der Waals surface area contributed by atoms with E-state index >= 15 is 0 Å². The van der Waals surface area contributed by atoms with Crippen molar-refractivity contribution in [1.29, 1.82) is 0 Å². The Kier molecular flexibility index (Phi) is 4.30. The molecule has 1 aromatic rings. The van der Waals surface area contributed by atoms with Crippen molar-refractivity contribution in [2.24, 2.45) is 0 Å². The first-order valence-electron chi connectivity index (χ1n) is 4.71. The number of hydrogen-bond acceptors (Lipinski definition) is 4. The average molecular weight is 220 g/mol. The number of phenols is 1. The number of aromatic hydroxyl groups is 1. The molecule has 0 aromatic heterocycles. The highest BCUT2D eigenvalue weighted by atomic mass is 16.6. The molecule has 0 unspecified atom stereocenters. The van der Waals surface area contributed by atoms with Gasteiger partial charge in [0.1, 0.15) is 5.75 Å². The van der Waals surface area contributed by atoms with Crippen molar-refractivity contribution in [3.8, 4) is 17.6 Å². The molecule has 0 aliphatic carbocycles. The minimum absolute atomic E-state index is 0.0313. The fourth-order valence-electron chi connectivity index (χ4n) is 1.18. The second-order valence-electron chi connectivity index (χ2n) is 3.10. The third-order valence-electron chi connectivity index (χ3n) is 1.98. The molecule has 0 saturated carbocycles. The van der Waals surface area contributed by atoms with Gasteiger partial charge in [0, 0.05) is 24.2 Å². The van der Waals surface area contributed by atoms with Crippen LogP contribution in [0, 0.1) is 22.0 Å². The van der Waals surface area contributed by atoms with E-state index in [0.717, 1.165) is 0 Å². The molecular weight excluding hydrogens is 208 g/mol. The summed E-state index contributed by atoms with van der Waals surface area (Å²) in [6.45, 7) is 2.56. The smallest absolute Gasteiger partial charge is 0.270 e. The molecule has 5 nitrogen and oxygen atoms in total. The molecule has 0 spiro atoms. The number of rotatable bonds is 4. The van der Waals surface area contributed by atoms with Crippen LogP contribution in [0.1, 0.15) is 12.5 Å². The fourth-order valence-corrected chi connectivity index (χ4v) is 1.18. The Morgan fingerprint density at radius 3 is 2.94 bits per heavy atom. The summed E-state index contributed by atoms with van der Waals surface area (Å²) in [5, 5.41) is 22.9. The summed E-state index contributed by atoms with van der Waals surface area (Å²) in [4.78, 5) is 10.0. The normalized spacial score (nSPS) is 9.31. The first-order valence-corrected chi connectivity index (χ1v) is 4.71. The van der Waals surface area contributed by atoms with E-state index in [9.17, 15) is 15.2 Å². The zero-order valence-electron chi connectivity index (χ0n) is 8.86. The molecule has 0 fully saturated rings. The lowest BCUT2D eigenvalue weighted by Gasteiger charge is -2.04. The molecule has 1 rings (SSSR count). The van der Waals surface area contributed by atoms with Crippen LogP contribution in [-0.4, -0.2) is 16.6 Å². The molecule has 0 heterocycles. The Morgan fingerprint density at radius 2 is 2.31 bits per heavy atom. The highest BCUT2D eigenvalue weighted by Gasteiger charge is 2.09. The maximum Gasteiger partial charge on any atom is 0.270 e. The maximum absolute atomic E-state index is 10.5. The van der Waals surface area contributed by atoms with E-state index in [1.807, 2.05) is 0 Å². The number of hydrogen-bond donors (Lipinski definition) is 2. The van der Waals surface area contributed by atoms with E-state index in [1.54, 1.807) is 6.92 Å². The Bertz CT molecular complexity index is 446. The molecule has 84 valence electrons. The van der Waals surface area contributed by atoms with E-state index in [-0.39, 0.29) is 11.4 Å². The summed E-state index contributed by atoms with van der Waals surface area (Å²) in [7, 11) is 0. The molecule has 0 atom stereocenters. The second kappa shape index (κ2) is 5.73. The van der Waals surface area contributed by atoms with Crippen molar-refractivity contribution in [1.82, 2.24) is 5.32 Å². The Labute approximate surface area is 93.3 Å². The van der Waals surface area contributed by atoms with Gasteiger partial charge in [-0.3, -0.25) is 10.1 Å². The summed E-state index contributed by atoms with van der Waals surface area (Å²) < 4.78 is 0. The van der Waals surface area contributed by atoms with Gasteiger partial charge in [-0.25, -0.2) is 0 Å². The summed E-state index contributed by atoms with van der Waals surface area (Å²) in [5.41, 5.74) is 0.461. The van der Waals surface area contributed by atoms with Crippen LogP contribution < -0.4 is 5.32 Å². The van der Waals surface area contributed by atoms with Gasteiger partial charge in [-0.1, -0.05) is 5.92 Å². The lowest BCUT2D eigenvalue weighted by Crippen LogP contribution is -2.13. The van der Waals surface area contributed by atoms with Crippen molar-refractivity contribution in [2.75, 3.05) is 6.54 Å². The van der Waals surface area contributed by atoms with E-state index < -0.39 is 4.92 Å². The van der Waals surface area contributed by atoms with Gasteiger partial charge in [-0.2, -0.15) is 0 Å². The van der Waals surface area contributed by atoms with Gasteiger partial charge in [-0.15, -0.1) is 5.92 Å². The minimum atomic E-state index is -0.491. The molecule has 0 aliphatic rings. The van der Waals surface area contributed by atoms with Crippen LogP contribution in [0.2, 0.25) is 0 Å². The van der Waals surface area contributed by atoms with Crippen LogP contribution >= 0.6 is 0 Å². The van der Waals surface area contributed by atoms with Crippen LogP contribution in [0.15, 0.2) is 18.2 Å². The summed E-state index contributed by atoms with van der Waals surface area (Å²) in [6, 6.07) is 3.94. The molecule has 0 aliphatic heterocycles. The molecule has 2 N–H and O–H groups in total. The molecule has 0 amide bonds. The highest BCUT2D eigenvalue weighted by molar-refractivity contribution is 5.42. The number of nitro benzene ring substituents is 1. The molecule has 16 heavy (non-hydrogen) atoms. The minimum Gasteiger partial charge on any atom is -0.508 e. The predicted octanol–water partition coefficient (Wildman–Crippen LogP) is 1.41. The largest absolute Gasteiger partial charge is 0.508 e. The SMILES string of the molecule is CC#CCNCc1cc([N+](=O)[O-])ccc1O. The summed E-state index contributed by atoms with van der Waals surface area (Å²) >= 11 is 0. The quantitative estimate of drug-likeness (QED) is 0.348. The van der Waals surface area contributed by atoms with Crippen LogP contribution in [0.5, 0.6) is 5.75 Å². The standard InChI is InChI=1S/C11H12N2O3/c1-2-3-6-12-8-9-7-10(13(15)16)4-5-11(9)14/h4-5,7,12,14H,6,8H2,1H3. The van der Waals surface area contributed by atoms with Gasteiger partial charge in [0.2, 0.25) is 0 Å². The number of benzene rings is 1. The predicted molar refractivity (Wildman–Crippen MR) is 59.9 cm³/mol. The van der Waals surface area contributed by atoms with Crippen LogP contribution in [0.3, 0.4) is 0 Å². The van der Waals surface area contributed by atoms with Gasteiger partial charge in [0.15, 0.2) is 0 Å². The van der Waals surface area contributed by atoms with E-state index in [4.69, 9.17) is 0 Å². The van der Waals surface area contributed by atoms with Gasteiger partial charge in [-0.05, 0) is 13.0 Å². The van der Waals surface area contributed by atoms with Crippen LogP contribution in [0.25, 0.3) is 0 Å². The number of nitrogens with zero attached hydrogens (tertiary/aromatic N) is 1. The highest BCUT2D eigenvalue weighted by Crippen LogP contribution is 2.22. The van der Waals surface area contributed by atoms with E-state index in [1.165, 1.54) is 18.2 Å². The lowest BCUT2D eigenvalue weighted by molar-refractivity contribution is -0.384. The van der Waals surface area contributed by atoms with Crippen molar-refractivity contribution >= 4 is 5.69 Å². The Hall–Kier alpha value is -2.06. The number of nitro groups is 1. The monoisotopic (exact) mass is 220 g/mol. The third-order valence-corrected chi connectivity index (χ3v) is 1.98. The van der Waals surface area contributed by atoms with Crippen molar-refractivity contribution in [3.05, 3.63) is 33.9 Å². The maximum atomic E-state index is 10.5. The van der Waals surface area contributed by atoms with Gasteiger partial charge < -0.3 is 10.4 Å². The Morgan fingerprint density at radius 1 is 1.56 bits per heavy atom. The van der Waals surface area contributed by atoms with E-state index in [2.05, 4.69) is 17.2 Å². The zero-order valence-corrected chi connectivity index (χ0v) is 8.86. The van der Waals surface area contributed by atoms with Crippen LogP contribution in [0.4, 0.5) is 5.69 Å².